The van der Waals surface area contributed by atoms with Crippen LogP contribution in [0.2, 0.25) is 0 Å². The zero-order valence-corrected chi connectivity index (χ0v) is 15.2. The summed E-state index contributed by atoms with van der Waals surface area (Å²) in [6.45, 7) is 4.39. The molecule has 1 aliphatic heterocycles. The molecule has 0 amide bonds. The van der Waals surface area contributed by atoms with Crippen LogP contribution in [0, 0.1) is 5.92 Å². The Kier molecular flexibility index (Phi) is 6.75. The summed E-state index contributed by atoms with van der Waals surface area (Å²) in [5.41, 5.74) is 1.36. The molecule has 1 saturated heterocycles. The molecular formula is C22H29NO2. The molecule has 0 saturated carbocycles. The van der Waals surface area contributed by atoms with Crippen LogP contribution >= 0.6 is 0 Å². The van der Waals surface area contributed by atoms with Crippen LogP contribution < -0.4 is 9.47 Å². The second kappa shape index (κ2) is 9.47. The molecule has 0 aliphatic carbocycles. The first kappa shape index (κ1) is 17.8. The van der Waals surface area contributed by atoms with Gasteiger partial charge in [-0.05, 0) is 74.5 Å². The summed E-state index contributed by atoms with van der Waals surface area (Å²) >= 11 is 0. The van der Waals surface area contributed by atoms with E-state index in [9.17, 15) is 0 Å². The lowest BCUT2D eigenvalue weighted by molar-refractivity contribution is 0.164. The number of piperidine rings is 1. The zero-order valence-electron chi connectivity index (χ0n) is 15.2. The van der Waals surface area contributed by atoms with E-state index < -0.39 is 0 Å². The van der Waals surface area contributed by atoms with Gasteiger partial charge in [-0.15, -0.1) is 0 Å². The van der Waals surface area contributed by atoms with E-state index in [0.29, 0.717) is 0 Å². The Bertz CT molecular complexity index is 621. The molecule has 25 heavy (non-hydrogen) atoms. The van der Waals surface area contributed by atoms with Crippen LogP contribution in [-0.4, -0.2) is 38.3 Å². The highest BCUT2D eigenvalue weighted by Crippen LogP contribution is 2.22. The fourth-order valence-corrected chi connectivity index (χ4v) is 3.47. The van der Waals surface area contributed by atoms with E-state index >= 15 is 0 Å². The van der Waals surface area contributed by atoms with Gasteiger partial charge in [-0.3, -0.25) is 0 Å². The molecule has 1 aliphatic rings. The third kappa shape index (κ3) is 5.79. The Balaban J connectivity index is 1.33. The van der Waals surface area contributed by atoms with Gasteiger partial charge in [-0.2, -0.15) is 0 Å². The van der Waals surface area contributed by atoms with Crippen molar-refractivity contribution in [3.05, 3.63) is 60.2 Å². The fraction of sp³-hybridized carbons (Fsp3) is 0.455. The largest absolute Gasteiger partial charge is 0.497 e. The minimum Gasteiger partial charge on any atom is -0.497 e. The molecule has 2 aromatic carbocycles. The van der Waals surface area contributed by atoms with Crippen molar-refractivity contribution >= 4 is 0 Å². The van der Waals surface area contributed by atoms with Crippen LogP contribution in [0.3, 0.4) is 0 Å². The summed E-state index contributed by atoms with van der Waals surface area (Å²) in [7, 11) is 1.73. The first-order valence-corrected chi connectivity index (χ1v) is 9.36. The summed E-state index contributed by atoms with van der Waals surface area (Å²) in [5.74, 6) is 2.74. The minimum atomic E-state index is 0.803. The van der Waals surface area contributed by atoms with Crippen LogP contribution in [0.25, 0.3) is 0 Å². The van der Waals surface area contributed by atoms with Crippen molar-refractivity contribution in [1.82, 2.24) is 4.90 Å². The third-order valence-corrected chi connectivity index (χ3v) is 5.10. The van der Waals surface area contributed by atoms with E-state index in [1.807, 2.05) is 36.4 Å². The number of nitrogens with zero attached hydrogens (tertiary/aromatic N) is 1. The molecule has 0 radical (unpaired) electrons. The highest BCUT2D eigenvalue weighted by molar-refractivity contribution is 5.28. The highest BCUT2D eigenvalue weighted by Gasteiger charge is 2.18. The van der Waals surface area contributed by atoms with E-state index in [1.165, 1.54) is 37.9 Å². The van der Waals surface area contributed by atoms with Crippen LogP contribution in [0.1, 0.15) is 24.8 Å². The van der Waals surface area contributed by atoms with Gasteiger partial charge in [-0.1, -0.05) is 30.3 Å². The summed E-state index contributed by atoms with van der Waals surface area (Å²) < 4.78 is 11.1. The van der Waals surface area contributed by atoms with Gasteiger partial charge in [0.05, 0.1) is 13.7 Å². The van der Waals surface area contributed by atoms with Crippen molar-refractivity contribution in [2.45, 2.75) is 25.7 Å². The number of rotatable bonds is 8. The maximum atomic E-state index is 5.84. The van der Waals surface area contributed by atoms with E-state index in [2.05, 4.69) is 23.1 Å². The summed E-state index contributed by atoms with van der Waals surface area (Å²) in [5, 5.41) is 0. The number of methoxy groups -OCH3 is 1. The molecule has 3 heteroatoms. The number of hydrogen-bond donors (Lipinski definition) is 0. The van der Waals surface area contributed by atoms with Crippen molar-refractivity contribution in [1.29, 1.82) is 0 Å². The third-order valence-electron chi connectivity index (χ3n) is 5.10. The molecule has 0 unspecified atom stereocenters. The van der Waals surface area contributed by atoms with Crippen molar-refractivity contribution in [3.8, 4) is 11.5 Å². The van der Waals surface area contributed by atoms with Gasteiger partial charge in [0.15, 0.2) is 0 Å². The standard InChI is InChI=1S/C22H29NO2/c1-24-22-9-5-6-20(18-22)12-16-23-14-10-19(11-15-23)13-17-25-21-7-3-2-4-8-21/h2-9,18-19H,10-17H2,1H3. The van der Waals surface area contributed by atoms with Crippen LogP contribution in [0.15, 0.2) is 54.6 Å². The zero-order chi connectivity index (χ0) is 17.3. The number of benzene rings is 2. The van der Waals surface area contributed by atoms with E-state index in [0.717, 1.165) is 37.0 Å². The van der Waals surface area contributed by atoms with Crippen molar-refractivity contribution < 1.29 is 9.47 Å². The van der Waals surface area contributed by atoms with Gasteiger partial charge >= 0.3 is 0 Å². The molecule has 0 aromatic heterocycles. The smallest absolute Gasteiger partial charge is 0.119 e. The molecular weight excluding hydrogens is 310 g/mol. The minimum absolute atomic E-state index is 0.803. The number of para-hydroxylation sites is 1. The Morgan fingerprint density at radius 2 is 1.72 bits per heavy atom. The van der Waals surface area contributed by atoms with Gasteiger partial charge in [0, 0.05) is 6.54 Å². The summed E-state index contributed by atoms with van der Waals surface area (Å²) in [6, 6.07) is 18.5. The van der Waals surface area contributed by atoms with Crippen LogP contribution in [-0.2, 0) is 6.42 Å². The van der Waals surface area contributed by atoms with E-state index in [4.69, 9.17) is 9.47 Å². The van der Waals surface area contributed by atoms with Gasteiger partial charge in [0.2, 0.25) is 0 Å². The predicted molar refractivity (Wildman–Crippen MR) is 102 cm³/mol. The first-order valence-electron chi connectivity index (χ1n) is 9.36. The SMILES string of the molecule is COc1cccc(CCN2CCC(CCOc3ccccc3)CC2)c1. The average Bonchev–Trinajstić information content (AvgIpc) is 2.68. The first-order chi connectivity index (χ1) is 12.3. The Morgan fingerprint density at radius 3 is 2.48 bits per heavy atom. The Labute approximate surface area is 151 Å². The number of ether oxygens (including phenoxy) is 2. The summed E-state index contributed by atoms with van der Waals surface area (Å²) in [4.78, 5) is 2.59. The lowest BCUT2D eigenvalue weighted by atomic mass is 9.93. The number of hydrogen-bond acceptors (Lipinski definition) is 3. The average molecular weight is 339 g/mol. The topological polar surface area (TPSA) is 21.7 Å². The number of likely N-dealkylation sites (tertiary alicyclic amines) is 1. The molecule has 0 spiro atoms. The molecule has 3 rings (SSSR count). The molecule has 0 atom stereocenters. The predicted octanol–water partition coefficient (Wildman–Crippen LogP) is 4.42. The van der Waals surface area contributed by atoms with E-state index in [-0.39, 0.29) is 0 Å². The second-order valence-electron chi connectivity index (χ2n) is 6.84. The van der Waals surface area contributed by atoms with Crippen molar-refractivity contribution in [2.24, 2.45) is 5.92 Å². The monoisotopic (exact) mass is 339 g/mol. The second-order valence-corrected chi connectivity index (χ2v) is 6.84. The normalized spacial score (nSPS) is 15.9. The molecule has 3 nitrogen and oxygen atoms in total. The Hall–Kier alpha value is -2.00. The van der Waals surface area contributed by atoms with Crippen LogP contribution in [0.5, 0.6) is 11.5 Å². The molecule has 1 fully saturated rings. The van der Waals surface area contributed by atoms with Gasteiger partial charge in [0.25, 0.3) is 0 Å². The van der Waals surface area contributed by atoms with Gasteiger partial charge in [-0.25, -0.2) is 0 Å². The quantitative estimate of drug-likeness (QED) is 0.711. The Morgan fingerprint density at radius 1 is 0.960 bits per heavy atom. The lowest BCUT2D eigenvalue weighted by Gasteiger charge is -2.32. The maximum absolute atomic E-state index is 5.84. The maximum Gasteiger partial charge on any atom is 0.119 e. The molecule has 2 aromatic rings. The van der Waals surface area contributed by atoms with Gasteiger partial charge < -0.3 is 14.4 Å². The molecule has 134 valence electrons. The highest BCUT2D eigenvalue weighted by atomic mass is 16.5. The molecule has 0 bridgehead atoms. The van der Waals surface area contributed by atoms with Crippen LogP contribution in [0.4, 0.5) is 0 Å². The lowest BCUT2D eigenvalue weighted by Crippen LogP contribution is -2.35. The molecule has 1 heterocycles. The van der Waals surface area contributed by atoms with Crippen molar-refractivity contribution in [2.75, 3.05) is 33.4 Å². The van der Waals surface area contributed by atoms with E-state index in [1.54, 1.807) is 7.11 Å². The summed E-state index contributed by atoms with van der Waals surface area (Å²) in [6.07, 6.45) is 4.84. The van der Waals surface area contributed by atoms with Crippen molar-refractivity contribution in [3.63, 3.8) is 0 Å². The molecule has 0 N–H and O–H groups in total. The van der Waals surface area contributed by atoms with Gasteiger partial charge in [0.1, 0.15) is 11.5 Å². The fourth-order valence-electron chi connectivity index (χ4n) is 3.47.